The number of hydrogen-bond donors (Lipinski definition) is 1. The van der Waals surface area contributed by atoms with Crippen molar-refractivity contribution in [3.05, 3.63) is 17.8 Å². The number of anilines is 1. The summed E-state index contributed by atoms with van der Waals surface area (Å²) < 4.78 is 43.2. The number of hydrogen-bond acceptors (Lipinski definition) is 7. The summed E-state index contributed by atoms with van der Waals surface area (Å²) in [7, 11) is 0. The lowest BCUT2D eigenvalue weighted by molar-refractivity contribution is -0.145. The number of alkyl halides is 3. The molecule has 20 heavy (non-hydrogen) atoms. The minimum absolute atomic E-state index is 0.0759. The highest BCUT2D eigenvalue weighted by molar-refractivity contribution is 7.99. The Morgan fingerprint density at radius 1 is 1.30 bits per heavy atom. The number of aryl methyl sites for hydroxylation is 1. The van der Waals surface area contributed by atoms with Crippen LogP contribution in [0, 0.1) is 6.92 Å². The van der Waals surface area contributed by atoms with Gasteiger partial charge in [-0.1, -0.05) is 0 Å². The van der Waals surface area contributed by atoms with Crippen LogP contribution in [0.25, 0.3) is 0 Å². The molecule has 2 heterocycles. The zero-order valence-electron chi connectivity index (χ0n) is 10.5. The van der Waals surface area contributed by atoms with Crippen LogP contribution in [0.5, 0.6) is 0 Å². The van der Waals surface area contributed by atoms with E-state index in [1.165, 1.54) is 6.07 Å². The Bertz CT molecular complexity index is 601. The summed E-state index contributed by atoms with van der Waals surface area (Å²) in [5, 5.41) is 10.2. The Morgan fingerprint density at radius 3 is 2.60 bits per heavy atom. The van der Waals surface area contributed by atoms with E-state index < -0.39 is 12.0 Å². The lowest BCUT2D eigenvalue weighted by Crippen LogP contribution is -2.13. The second-order valence-corrected chi connectivity index (χ2v) is 4.60. The van der Waals surface area contributed by atoms with Gasteiger partial charge >= 0.3 is 6.18 Å². The third-order valence-corrected chi connectivity index (χ3v) is 2.77. The molecule has 0 aliphatic heterocycles. The van der Waals surface area contributed by atoms with E-state index in [0.717, 1.165) is 11.8 Å². The molecule has 0 unspecified atom stereocenters. The van der Waals surface area contributed by atoms with Crippen LogP contribution in [0.3, 0.4) is 0 Å². The van der Waals surface area contributed by atoms with Crippen molar-refractivity contribution in [2.75, 3.05) is 11.9 Å². The van der Waals surface area contributed by atoms with Gasteiger partial charge in [0, 0.05) is 19.5 Å². The monoisotopic (exact) mass is 305 g/mol. The van der Waals surface area contributed by atoms with Crippen molar-refractivity contribution in [3.63, 3.8) is 0 Å². The van der Waals surface area contributed by atoms with Gasteiger partial charge in [-0.3, -0.25) is 0 Å². The van der Waals surface area contributed by atoms with Gasteiger partial charge in [0.15, 0.2) is 0 Å². The Hall–Kier alpha value is -1.84. The fourth-order valence-electron chi connectivity index (χ4n) is 1.28. The quantitative estimate of drug-likeness (QED) is 0.870. The molecule has 2 rings (SSSR count). The highest BCUT2D eigenvalue weighted by Gasteiger charge is 2.35. The van der Waals surface area contributed by atoms with Crippen LogP contribution in [-0.2, 0) is 6.18 Å². The number of halogens is 3. The number of nitrogens with zero attached hydrogens (tertiary/aromatic N) is 4. The first-order valence-electron chi connectivity index (χ1n) is 5.56. The normalized spacial score (nSPS) is 11.7. The number of rotatable bonds is 4. The Labute approximate surface area is 116 Å². The van der Waals surface area contributed by atoms with Gasteiger partial charge in [0.05, 0.1) is 0 Å². The molecule has 0 saturated carbocycles. The van der Waals surface area contributed by atoms with Gasteiger partial charge in [0.1, 0.15) is 10.8 Å². The van der Waals surface area contributed by atoms with E-state index in [9.17, 15) is 13.2 Å². The summed E-state index contributed by atoms with van der Waals surface area (Å²) in [6.07, 6.45) is -4.62. The summed E-state index contributed by atoms with van der Waals surface area (Å²) >= 11 is 0.847. The average molecular weight is 305 g/mol. The molecule has 0 bridgehead atoms. The summed E-state index contributed by atoms with van der Waals surface area (Å²) in [6.45, 7) is 3.78. The second kappa shape index (κ2) is 5.65. The maximum absolute atomic E-state index is 12.7. The van der Waals surface area contributed by atoms with E-state index in [1.807, 2.05) is 0 Å². The van der Waals surface area contributed by atoms with Crippen molar-refractivity contribution in [2.24, 2.45) is 0 Å². The highest BCUT2D eigenvalue weighted by Crippen LogP contribution is 2.31. The summed E-state index contributed by atoms with van der Waals surface area (Å²) in [6, 6.07) is 1.39. The molecular formula is C10H10F3N5OS. The second-order valence-electron chi connectivity index (χ2n) is 3.63. The molecule has 0 spiro atoms. The fraction of sp³-hybridized carbons (Fsp3) is 0.400. The van der Waals surface area contributed by atoms with Crippen molar-refractivity contribution in [1.82, 2.24) is 20.2 Å². The largest absolute Gasteiger partial charge is 0.451 e. The molecule has 0 atom stereocenters. The van der Waals surface area contributed by atoms with Gasteiger partial charge in [0.25, 0.3) is 5.22 Å². The van der Waals surface area contributed by atoms with Crippen LogP contribution in [0.2, 0.25) is 0 Å². The molecule has 2 aromatic rings. The molecular weight excluding hydrogens is 295 g/mol. The topological polar surface area (TPSA) is 76.7 Å². The maximum atomic E-state index is 12.7. The molecule has 0 saturated heterocycles. The van der Waals surface area contributed by atoms with Crippen molar-refractivity contribution < 1.29 is 17.6 Å². The van der Waals surface area contributed by atoms with Gasteiger partial charge < -0.3 is 9.73 Å². The van der Waals surface area contributed by atoms with E-state index in [-0.39, 0.29) is 16.1 Å². The van der Waals surface area contributed by atoms with E-state index in [4.69, 9.17) is 4.42 Å². The minimum Gasteiger partial charge on any atom is -0.416 e. The minimum atomic E-state index is -4.62. The first-order valence-corrected chi connectivity index (χ1v) is 6.38. The van der Waals surface area contributed by atoms with E-state index in [1.54, 1.807) is 13.8 Å². The van der Waals surface area contributed by atoms with Crippen molar-refractivity contribution in [3.8, 4) is 0 Å². The lowest BCUT2D eigenvalue weighted by Gasteiger charge is -2.09. The van der Waals surface area contributed by atoms with Crippen molar-refractivity contribution in [2.45, 2.75) is 30.3 Å². The first-order chi connectivity index (χ1) is 9.38. The smallest absolute Gasteiger partial charge is 0.416 e. The van der Waals surface area contributed by atoms with Gasteiger partial charge in [-0.25, -0.2) is 9.97 Å². The van der Waals surface area contributed by atoms with Gasteiger partial charge in [-0.05, 0) is 18.7 Å². The fourth-order valence-corrected chi connectivity index (χ4v) is 2.01. The molecule has 0 amide bonds. The predicted molar refractivity (Wildman–Crippen MR) is 64.4 cm³/mol. The Morgan fingerprint density at radius 2 is 2.05 bits per heavy atom. The summed E-state index contributed by atoms with van der Waals surface area (Å²) in [4.78, 5) is 6.86. The number of nitrogens with one attached hydrogen (secondary N) is 1. The lowest BCUT2D eigenvalue weighted by atomic mass is 10.5. The van der Waals surface area contributed by atoms with Crippen LogP contribution in [0.1, 0.15) is 18.6 Å². The van der Waals surface area contributed by atoms with Crippen LogP contribution in [-0.4, -0.2) is 26.7 Å². The molecule has 0 fully saturated rings. The van der Waals surface area contributed by atoms with Crippen LogP contribution in [0.15, 0.2) is 20.7 Å². The Kier molecular flexibility index (Phi) is 4.12. The summed E-state index contributed by atoms with van der Waals surface area (Å²) in [5.41, 5.74) is 0. The molecule has 6 nitrogen and oxygen atoms in total. The third kappa shape index (κ3) is 3.59. The van der Waals surface area contributed by atoms with Crippen LogP contribution >= 0.6 is 11.8 Å². The molecule has 0 aliphatic rings. The van der Waals surface area contributed by atoms with Gasteiger partial charge in [-0.2, -0.15) is 13.2 Å². The molecule has 10 heteroatoms. The summed E-state index contributed by atoms with van der Waals surface area (Å²) in [5.74, 6) is -0.798. The molecule has 1 N–H and O–H groups in total. The standard InChI is InChI=1S/C10H10F3N5OS/c1-3-14-6-4-7(16-8(15-6)10(11,12)13)20-9-18-17-5(2)19-9/h4H,3H2,1-2H3,(H,14,15,16). The maximum Gasteiger partial charge on any atom is 0.451 e. The SMILES string of the molecule is CCNc1cc(Sc2nnc(C)o2)nc(C(F)(F)F)n1. The van der Waals surface area contributed by atoms with E-state index >= 15 is 0 Å². The first kappa shape index (κ1) is 14.6. The highest BCUT2D eigenvalue weighted by atomic mass is 32.2. The van der Waals surface area contributed by atoms with Crippen molar-refractivity contribution in [1.29, 1.82) is 0 Å². The van der Waals surface area contributed by atoms with Gasteiger partial charge in [0.2, 0.25) is 11.7 Å². The zero-order chi connectivity index (χ0) is 14.8. The Balaban J connectivity index is 2.33. The molecule has 2 aromatic heterocycles. The third-order valence-electron chi connectivity index (χ3n) is 2.01. The number of aromatic nitrogens is 4. The molecule has 0 radical (unpaired) electrons. The van der Waals surface area contributed by atoms with Crippen LogP contribution < -0.4 is 5.32 Å². The van der Waals surface area contributed by atoms with E-state index in [2.05, 4.69) is 25.5 Å². The average Bonchev–Trinajstić information content (AvgIpc) is 2.74. The van der Waals surface area contributed by atoms with Gasteiger partial charge in [-0.15, -0.1) is 10.2 Å². The van der Waals surface area contributed by atoms with Crippen LogP contribution in [0.4, 0.5) is 19.0 Å². The molecule has 108 valence electrons. The van der Waals surface area contributed by atoms with E-state index in [0.29, 0.717) is 12.4 Å². The zero-order valence-corrected chi connectivity index (χ0v) is 11.3. The molecule has 0 aromatic carbocycles. The molecule has 0 aliphatic carbocycles. The van der Waals surface area contributed by atoms with Crippen molar-refractivity contribution >= 4 is 17.6 Å². The predicted octanol–water partition coefficient (Wildman–Crippen LogP) is 2.77.